The van der Waals surface area contributed by atoms with Gasteiger partial charge in [0.15, 0.2) is 5.78 Å². The molecular weight excluding hydrogens is 340 g/mol. The van der Waals surface area contributed by atoms with Crippen molar-refractivity contribution >= 4 is 27.7 Å². The Morgan fingerprint density at radius 1 is 1.14 bits per heavy atom. The standard InChI is InChI=1S/C15H17BrO5/c1-20-12-7-11(16)13(21-2)6-10(12)14(17)8-4-3-5-9(8)15(18)19/h6-9H,3-5H2,1-2H3,(H,18,19). The lowest BCUT2D eigenvalue weighted by Crippen LogP contribution is -2.25. The van der Waals surface area contributed by atoms with Crippen LogP contribution in [0.3, 0.4) is 0 Å². The Bertz CT molecular complexity index is 569. The number of carbonyl (C=O) groups is 2. The van der Waals surface area contributed by atoms with Crippen molar-refractivity contribution in [3.8, 4) is 11.5 Å². The maximum Gasteiger partial charge on any atom is 0.307 e. The molecule has 1 N–H and O–H groups in total. The molecule has 1 aromatic carbocycles. The number of benzene rings is 1. The van der Waals surface area contributed by atoms with E-state index in [-0.39, 0.29) is 5.78 Å². The zero-order chi connectivity index (χ0) is 15.6. The molecule has 1 aromatic rings. The van der Waals surface area contributed by atoms with Crippen molar-refractivity contribution in [1.82, 2.24) is 0 Å². The van der Waals surface area contributed by atoms with Crippen molar-refractivity contribution in [2.24, 2.45) is 11.8 Å². The summed E-state index contributed by atoms with van der Waals surface area (Å²) in [4.78, 5) is 24.0. The summed E-state index contributed by atoms with van der Waals surface area (Å²) < 4.78 is 11.1. The highest BCUT2D eigenvalue weighted by Gasteiger charge is 2.39. The second-order valence-electron chi connectivity index (χ2n) is 5.03. The summed E-state index contributed by atoms with van der Waals surface area (Å²) in [6.45, 7) is 0. The Kier molecular flexibility index (Phi) is 4.88. The molecule has 0 saturated heterocycles. The van der Waals surface area contributed by atoms with Crippen LogP contribution >= 0.6 is 15.9 Å². The molecule has 1 saturated carbocycles. The first-order valence-corrected chi connectivity index (χ1v) is 7.47. The SMILES string of the molecule is COc1cc(C(=O)C2CCCC2C(=O)O)c(OC)cc1Br. The van der Waals surface area contributed by atoms with Gasteiger partial charge in [0.2, 0.25) is 0 Å². The average Bonchev–Trinajstić information content (AvgIpc) is 2.95. The molecule has 21 heavy (non-hydrogen) atoms. The number of aliphatic carboxylic acids is 1. The van der Waals surface area contributed by atoms with E-state index in [0.29, 0.717) is 34.4 Å². The number of methoxy groups -OCH3 is 2. The molecule has 0 amide bonds. The van der Waals surface area contributed by atoms with Crippen LogP contribution in [0.5, 0.6) is 11.5 Å². The van der Waals surface area contributed by atoms with E-state index < -0.39 is 17.8 Å². The Hall–Kier alpha value is -1.56. The smallest absolute Gasteiger partial charge is 0.307 e. The summed E-state index contributed by atoms with van der Waals surface area (Å²) in [5, 5.41) is 9.24. The number of rotatable bonds is 5. The number of hydrogen-bond acceptors (Lipinski definition) is 4. The molecule has 2 rings (SSSR count). The third kappa shape index (κ3) is 3.05. The van der Waals surface area contributed by atoms with Crippen molar-refractivity contribution in [3.63, 3.8) is 0 Å². The van der Waals surface area contributed by atoms with E-state index in [1.807, 2.05) is 0 Å². The number of carboxylic acid groups (broad SMARTS) is 1. The summed E-state index contributed by atoms with van der Waals surface area (Å²) in [6, 6.07) is 3.26. The molecule has 0 aliphatic heterocycles. The number of ether oxygens (including phenoxy) is 2. The van der Waals surface area contributed by atoms with Gasteiger partial charge in [-0.05, 0) is 40.9 Å². The van der Waals surface area contributed by atoms with Crippen molar-refractivity contribution in [3.05, 3.63) is 22.2 Å². The fourth-order valence-electron chi connectivity index (χ4n) is 2.82. The molecule has 0 aromatic heterocycles. The molecule has 0 heterocycles. The third-order valence-corrected chi connectivity index (χ3v) is 4.53. The first kappa shape index (κ1) is 15.8. The minimum atomic E-state index is -0.908. The van der Waals surface area contributed by atoms with Crippen LogP contribution in [0.4, 0.5) is 0 Å². The van der Waals surface area contributed by atoms with Crippen LogP contribution in [0.25, 0.3) is 0 Å². The lowest BCUT2D eigenvalue weighted by molar-refractivity contribution is -0.142. The summed E-state index contributed by atoms with van der Waals surface area (Å²) in [5.41, 5.74) is 0.371. The van der Waals surface area contributed by atoms with E-state index in [4.69, 9.17) is 9.47 Å². The monoisotopic (exact) mass is 356 g/mol. The predicted octanol–water partition coefficient (Wildman–Crippen LogP) is 3.15. The second kappa shape index (κ2) is 6.47. The van der Waals surface area contributed by atoms with Crippen LogP contribution in [-0.4, -0.2) is 31.1 Å². The Balaban J connectivity index is 2.40. The fraction of sp³-hybridized carbons (Fsp3) is 0.467. The van der Waals surface area contributed by atoms with Crippen LogP contribution in [0, 0.1) is 11.8 Å². The van der Waals surface area contributed by atoms with Crippen LogP contribution in [-0.2, 0) is 4.79 Å². The molecule has 2 atom stereocenters. The molecule has 114 valence electrons. The quantitative estimate of drug-likeness (QED) is 0.820. The number of carboxylic acids is 1. The number of ketones is 1. The molecule has 5 nitrogen and oxygen atoms in total. The maximum atomic E-state index is 12.7. The topological polar surface area (TPSA) is 72.8 Å². The second-order valence-corrected chi connectivity index (χ2v) is 5.89. The van der Waals surface area contributed by atoms with Crippen molar-refractivity contribution in [2.45, 2.75) is 19.3 Å². The highest BCUT2D eigenvalue weighted by molar-refractivity contribution is 9.10. The first-order valence-electron chi connectivity index (χ1n) is 6.68. The minimum Gasteiger partial charge on any atom is -0.496 e. The Morgan fingerprint density at radius 2 is 1.76 bits per heavy atom. The molecule has 0 spiro atoms. The lowest BCUT2D eigenvalue weighted by atomic mass is 9.88. The Labute approximate surface area is 131 Å². The van der Waals surface area contributed by atoms with E-state index in [9.17, 15) is 14.7 Å². The minimum absolute atomic E-state index is 0.192. The molecule has 6 heteroatoms. The van der Waals surface area contributed by atoms with E-state index in [1.54, 1.807) is 12.1 Å². The summed E-state index contributed by atoms with van der Waals surface area (Å²) >= 11 is 3.34. The van der Waals surface area contributed by atoms with Crippen LogP contribution < -0.4 is 9.47 Å². The van der Waals surface area contributed by atoms with Gasteiger partial charge in [0.05, 0.1) is 30.2 Å². The molecule has 0 bridgehead atoms. The highest BCUT2D eigenvalue weighted by atomic mass is 79.9. The van der Waals surface area contributed by atoms with Crippen LogP contribution in [0.15, 0.2) is 16.6 Å². The van der Waals surface area contributed by atoms with Gasteiger partial charge >= 0.3 is 5.97 Å². The van der Waals surface area contributed by atoms with Crippen molar-refractivity contribution in [1.29, 1.82) is 0 Å². The van der Waals surface area contributed by atoms with Gasteiger partial charge in [0.1, 0.15) is 11.5 Å². The van der Waals surface area contributed by atoms with Gasteiger partial charge in [-0.3, -0.25) is 9.59 Å². The molecule has 0 radical (unpaired) electrons. The van der Waals surface area contributed by atoms with Crippen LogP contribution in [0.1, 0.15) is 29.6 Å². The molecule has 1 aliphatic rings. The number of halogens is 1. The zero-order valence-corrected chi connectivity index (χ0v) is 13.5. The van der Waals surface area contributed by atoms with E-state index in [1.165, 1.54) is 14.2 Å². The normalized spacial score (nSPS) is 21.1. The molecule has 1 aliphatic carbocycles. The number of carbonyl (C=O) groups excluding carboxylic acids is 1. The van der Waals surface area contributed by atoms with Crippen molar-refractivity contribution in [2.75, 3.05) is 14.2 Å². The highest BCUT2D eigenvalue weighted by Crippen LogP contribution is 2.39. The largest absolute Gasteiger partial charge is 0.496 e. The maximum absolute atomic E-state index is 12.7. The number of Topliss-reactive ketones (excluding diaryl/α,β-unsaturated/α-hetero) is 1. The van der Waals surface area contributed by atoms with E-state index in [0.717, 1.165) is 6.42 Å². The molecular formula is C15H17BrO5. The Morgan fingerprint density at radius 3 is 2.33 bits per heavy atom. The molecule has 1 fully saturated rings. The van der Waals surface area contributed by atoms with Gasteiger partial charge in [0, 0.05) is 5.92 Å². The number of hydrogen-bond donors (Lipinski definition) is 1. The summed E-state index contributed by atoms with van der Waals surface area (Å²) in [7, 11) is 2.99. The van der Waals surface area contributed by atoms with Gasteiger partial charge < -0.3 is 14.6 Å². The zero-order valence-electron chi connectivity index (χ0n) is 11.9. The van der Waals surface area contributed by atoms with E-state index >= 15 is 0 Å². The van der Waals surface area contributed by atoms with Gasteiger partial charge in [-0.2, -0.15) is 0 Å². The van der Waals surface area contributed by atoms with Gasteiger partial charge in [-0.25, -0.2) is 0 Å². The lowest BCUT2D eigenvalue weighted by Gasteiger charge is -2.17. The van der Waals surface area contributed by atoms with Crippen LogP contribution in [0.2, 0.25) is 0 Å². The van der Waals surface area contributed by atoms with E-state index in [2.05, 4.69) is 15.9 Å². The summed E-state index contributed by atoms with van der Waals surface area (Å²) in [5.74, 6) is -1.27. The summed E-state index contributed by atoms with van der Waals surface area (Å²) in [6.07, 6.45) is 1.89. The predicted molar refractivity (Wildman–Crippen MR) is 80.0 cm³/mol. The van der Waals surface area contributed by atoms with Gasteiger partial charge in [-0.1, -0.05) is 6.42 Å². The fourth-order valence-corrected chi connectivity index (χ4v) is 3.31. The average molecular weight is 357 g/mol. The van der Waals surface area contributed by atoms with Crippen molar-refractivity contribution < 1.29 is 24.2 Å². The third-order valence-electron chi connectivity index (χ3n) is 3.91. The van der Waals surface area contributed by atoms with Gasteiger partial charge in [-0.15, -0.1) is 0 Å². The molecule has 2 unspecified atom stereocenters. The van der Waals surface area contributed by atoms with Gasteiger partial charge in [0.25, 0.3) is 0 Å². The first-order chi connectivity index (χ1) is 9.99.